The molecule has 3 aromatic rings. The van der Waals surface area contributed by atoms with Gasteiger partial charge in [0.25, 0.3) is 0 Å². The minimum atomic E-state index is -0.174. The molecular formula is C18H18FN3OS. The molecule has 0 aliphatic carbocycles. The summed E-state index contributed by atoms with van der Waals surface area (Å²) in [7, 11) is 0. The lowest BCUT2D eigenvalue weighted by Gasteiger charge is -2.29. The number of hydrogen-bond donors (Lipinski definition) is 1. The van der Waals surface area contributed by atoms with Crippen molar-refractivity contribution < 1.29 is 9.13 Å². The highest BCUT2D eigenvalue weighted by molar-refractivity contribution is 7.17. The quantitative estimate of drug-likeness (QED) is 0.780. The maximum absolute atomic E-state index is 14.4. The van der Waals surface area contributed by atoms with E-state index in [-0.39, 0.29) is 5.82 Å². The van der Waals surface area contributed by atoms with Gasteiger partial charge in [0.2, 0.25) is 0 Å². The average Bonchev–Trinajstić information content (AvgIpc) is 3.10. The number of halogens is 1. The van der Waals surface area contributed by atoms with Crippen molar-refractivity contribution in [2.45, 2.75) is 6.54 Å². The third kappa shape index (κ3) is 3.07. The van der Waals surface area contributed by atoms with Crippen LogP contribution in [0.2, 0.25) is 0 Å². The van der Waals surface area contributed by atoms with Crippen LogP contribution in [-0.2, 0) is 11.3 Å². The molecule has 0 saturated carbocycles. The number of pyridine rings is 1. The van der Waals surface area contributed by atoms with Crippen molar-refractivity contribution in [2.75, 3.05) is 36.5 Å². The van der Waals surface area contributed by atoms with Crippen molar-refractivity contribution in [1.82, 2.24) is 4.98 Å². The fraction of sp³-hybridized carbons (Fsp3) is 0.278. The number of benzene rings is 1. The Labute approximate surface area is 143 Å². The molecule has 0 unspecified atom stereocenters. The monoisotopic (exact) mass is 343 g/mol. The molecule has 4 rings (SSSR count). The van der Waals surface area contributed by atoms with Crippen molar-refractivity contribution in [1.29, 1.82) is 0 Å². The molecule has 1 N–H and O–H groups in total. The number of aromatic nitrogens is 1. The molecular weight excluding hydrogens is 325 g/mol. The second-order valence-corrected chi connectivity index (χ2v) is 6.65. The van der Waals surface area contributed by atoms with Crippen molar-refractivity contribution in [3.8, 4) is 0 Å². The largest absolute Gasteiger partial charge is 0.380 e. The molecule has 6 heteroatoms. The van der Waals surface area contributed by atoms with Crippen molar-refractivity contribution in [2.24, 2.45) is 0 Å². The number of ether oxygens (including phenoxy) is 1. The van der Waals surface area contributed by atoms with E-state index < -0.39 is 0 Å². The van der Waals surface area contributed by atoms with E-state index >= 15 is 0 Å². The van der Waals surface area contributed by atoms with E-state index in [1.54, 1.807) is 23.6 Å². The highest BCUT2D eigenvalue weighted by Gasteiger charge is 2.15. The van der Waals surface area contributed by atoms with Gasteiger partial charge >= 0.3 is 0 Å². The Balaban J connectivity index is 1.49. The maximum Gasteiger partial charge on any atom is 0.146 e. The van der Waals surface area contributed by atoms with Crippen LogP contribution in [0, 0.1) is 5.82 Å². The Hall–Kier alpha value is -2.18. The second kappa shape index (κ2) is 6.75. The van der Waals surface area contributed by atoms with E-state index in [0.717, 1.165) is 34.6 Å². The van der Waals surface area contributed by atoms with Gasteiger partial charge in [0.05, 0.1) is 34.8 Å². The Morgan fingerprint density at radius 3 is 2.92 bits per heavy atom. The van der Waals surface area contributed by atoms with Gasteiger partial charge in [-0.05, 0) is 35.2 Å². The lowest BCUT2D eigenvalue weighted by Crippen LogP contribution is -2.36. The predicted molar refractivity (Wildman–Crippen MR) is 96.4 cm³/mol. The zero-order valence-electron chi connectivity index (χ0n) is 13.2. The average molecular weight is 343 g/mol. The lowest BCUT2D eigenvalue weighted by molar-refractivity contribution is 0.122. The molecule has 1 aromatic carbocycles. The molecule has 1 aliphatic rings. The zero-order valence-corrected chi connectivity index (χ0v) is 14.0. The number of rotatable bonds is 4. The molecule has 1 saturated heterocycles. The topological polar surface area (TPSA) is 37.4 Å². The van der Waals surface area contributed by atoms with Gasteiger partial charge in [-0.25, -0.2) is 4.39 Å². The molecule has 124 valence electrons. The molecule has 0 bridgehead atoms. The molecule has 0 spiro atoms. The summed E-state index contributed by atoms with van der Waals surface area (Å²) in [6.45, 7) is 3.37. The highest BCUT2D eigenvalue weighted by atomic mass is 32.1. The number of hydrogen-bond acceptors (Lipinski definition) is 5. The number of morpholine rings is 1. The summed E-state index contributed by atoms with van der Waals surface area (Å²) in [6, 6.07) is 9.42. The summed E-state index contributed by atoms with van der Waals surface area (Å²) in [4.78, 5) is 6.36. The van der Waals surface area contributed by atoms with Gasteiger partial charge in [0.15, 0.2) is 0 Å². The Morgan fingerprint density at radius 2 is 2.08 bits per heavy atom. The number of nitrogens with zero attached hydrogens (tertiary/aromatic N) is 2. The first kappa shape index (κ1) is 15.4. The summed E-state index contributed by atoms with van der Waals surface area (Å²) < 4.78 is 20.9. The van der Waals surface area contributed by atoms with Crippen molar-refractivity contribution in [3.63, 3.8) is 0 Å². The second-order valence-electron chi connectivity index (χ2n) is 5.73. The first-order valence-corrected chi connectivity index (χ1v) is 8.86. The smallest absolute Gasteiger partial charge is 0.146 e. The van der Waals surface area contributed by atoms with E-state index in [4.69, 9.17) is 4.74 Å². The Bertz CT molecular complexity index is 845. The molecule has 0 atom stereocenters. The van der Waals surface area contributed by atoms with Gasteiger partial charge < -0.3 is 15.0 Å². The normalized spacial score (nSPS) is 15.0. The fourth-order valence-corrected chi connectivity index (χ4v) is 3.77. The van der Waals surface area contributed by atoms with Gasteiger partial charge in [-0.3, -0.25) is 4.98 Å². The molecule has 3 heterocycles. The van der Waals surface area contributed by atoms with Crippen LogP contribution in [-0.4, -0.2) is 31.3 Å². The molecule has 0 radical (unpaired) electrons. The molecule has 0 amide bonds. The fourth-order valence-electron chi connectivity index (χ4n) is 2.93. The molecule has 4 nitrogen and oxygen atoms in total. The van der Waals surface area contributed by atoms with Gasteiger partial charge in [0, 0.05) is 25.8 Å². The van der Waals surface area contributed by atoms with E-state index in [9.17, 15) is 4.39 Å². The van der Waals surface area contributed by atoms with E-state index in [2.05, 4.69) is 10.3 Å². The summed E-state index contributed by atoms with van der Waals surface area (Å²) in [6.07, 6.45) is 1.79. The number of fused-ring (bicyclic) bond motifs is 1. The summed E-state index contributed by atoms with van der Waals surface area (Å²) in [5.74, 6) is -0.174. The SMILES string of the molecule is Fc1cc(CNc2ccnc3ccsc23)ccc1N1CCOCC1. The van der Waals surface area contributed by atoms with Gasteiger partial charge in [-0.1, -0.05) is 6.07 Å². The van der Waals surface area contributed by atoms with E-state index in [1.807, 2.05) is 34.5 Å². The third-order valence-corrected chi connectivity index (χ3v) is 5.13. The van der Waals surface area contributed by atoms with Crippen LogP contribution in [0.25, 0.3) is 10.2 Å². The van der Waals surface area contributed by atoms with Crippen LogP contribution in [0.3, 0.4) is 0 Å². The van der Waals surface area contributed by atoms with Crippen LogP contribution in [0.5, 0.6) is 0 Å². The number of thiophene rings is 1. The third-order valence-electron chi connectivity index (χ3n) is 4.19. The zero-order chi connectivity index (χ0) is 16.4. The number of anilines is 2. The van der Waals surface area contributed by atoms with Crippen molar-refractivity contribution >= 4 is 32.9 Å². The van der Waals surface area contributed by atoms with Gasteiger partial charge in [-0.15, -0.1) is 11.3 Å². The molecule has 1 fully saturated rings. The predicted octanol–water partition coefficient (Wildman–Crippen LogP) is 3.88. The molecule has 24 heavy (non-hydrogen) atoms. The van der Waals surface area contributed by atoms with Crippen LogP contribution < -0.4 is 10.2 Å². The van der Waals surface area contributed by atoms with Crippen LogP contribution in [0.4, 0.5) is 15.8 Å². The summed E-state index contributed by atoms with van der Waals surface area (Å²) in [5, 5.41) is 5.41. The first-order valence-electron chi connectivity index (χ1n) is 7.98. The van der Waals surface area contributed by atoms with Gasteiger partial charge in [0.1, 0.15) is 5.82 Å². The van der Waals surface area contributed by atoms with E-state index in [0.29, 0.717) is 25.4 Å². The maximum atomic E-state index is 14.4. The Morgan fingerprint density at radius 1 is 1.21 bits per heavy atom. The molecule has 2 aromatic heterocycles. The Kier molecular flexibility index (Phi) is 4.32. The summed E-state index contributed by atoms with van der Waals surface area (Å²) >= 11 is 1.66. The number of nitrogens with one attached hydrogen (secondary N) is 1. The standard InChI is InChI=1S/C18H18FN3OS/c19-14-11-13(1-2-17(14)22-6-8-23-9-7-22)12-21-15-3-5-20-16-4-10-24-18(15)16/h1-5,10-11H,6-9,12H2,(H,20,21). The summed E-state index contributed by atoms with van der Waals surface area (Å²) in [5.41, 5.74) is 3.60. The van der Waals surface area contributed by atoms with Crippen LogP contribution in [0.1, 0.15) is 5.56 Å². The lowest BCUT2D eigenvalue weighted by atomic mass is 10.1. The van der Waals surface area contributed by atoms with Crippen molar-refractivity contribution in [3.05, 3.63) is 53.3 Å². The minimum Gasteiger partial charge on any atom is -0.380 e. The first-order chi connectivity index (χ1) is 11.8. The molecule has 1 aliphatic heterocycles. The van der Waals surface area contributed by atoms with Crippen LogP contribution in [0.15, 0.2) is 41.9 Å². The van der Waals surface area contributed by atoms with Crippen LogP contribution >= 0.6 is 11.3 Å². The highest BCUT2D eigenvalue weighted by Crippen LogP contribution is 2.28. The minimum absolute atomic E-state index is 0.174. The van der Waals surface area contributed by atoms with Gasteiger partial charge in [-0.2, -0.15) is 0 Å². The van der Waals surface area contributed by atoms with E-state index in [1.165, 1.54) is 0 Å².